The molecule has 1 aromatic rings. The van der Waals surface area contributed by atoms with Crippen LogP contribution >= 0.6 is 0 Å². The van der Waals surface area contributed by atoms with Crippen LogP contribution < -0.4 is 16.0 Å². The first-order valence-electron chi connectivity index (χ1n) is 8.61. The number of aromatic nitrogens is 1. The zero-order valence-electron chi connectivity index (χ0n) is 13.7. The summed E-state index contributed by atoms with van der Waals surface area (Å²) >= 11 is 0. The van der Waals surface area contributed by atoms with E-state index in [1.165, 1.54) is 5.69 Å². The Hall–Kier alpha value is -1.82. The molecule has 6 nitrogen and oxygen atoms in total. The zero-order valence-corrected chi connectivity index (χ0v) is 13.7. The minimum Gasteiger partial charge on any atom is -0.376 e. The average molecular weight is 317 g/mol. The van der Waals surface area contributed by atoms with Crippen LogP contribution in [-0.2, 0) is 4.74 Å². The minimum absolute atomic E-state index is 0.298. The molecule has 2 fully saturated rings. The number of pyridine rings is 1. The van der Waals surface area contributed by atoms with Crippen LogP contribution in [0, 0.1) is 5.92 Å². The van der Waals surface area contributed by atoms with Crippen LogP contribution in [0.5, 0.6) is 0 Å². The summed E-state index contributed by atoms with van der Waals surface area (Å²) in [5.41, 5.74) is 7.22. The summed E-state index contributed by atoms with van der Waals surface area (Å²) in [6.07, 6.45) is 8.59. The van der Waals surface area contributed by atoms with Gasteiger partial charge in [0.1, 0.15) is 0 Å². The second-order valence-corrected chi connectivity index (χ2v) is 6.38. The molecule has 1 unspecified atom stereocenters. The van der Waals surface area contributed by atoms with Gasteiger partial charge in [-0.15, -0.1) is 0 Å². The predicted octanol–water partition coefficient (Wildman–Crippen LogP) is 1.38. The van der Waals surface area contributed by atoms with Gasteiger partial charge in [-0.1, -0.05) is 0 Å². The van der Waals surface area contributed by atoms with Gasteiger partial charge in [-0.25, -0.2) is 0 Å². The number of nitrogens with two attached hydrogens (primary N) is 1. The number of rotatable bonds is 5. The fourth-order valence-electron chi connectivity index (χ4n) is 3.24. The topological polar surface area (TPSA) is 75.8 Å². The van der Waals surface area contributed by atoms with E-state index in [0.29, 0.717) is 18.0 Å². The zero-order chi connectivity index (χ0) is 15.9. The number of piperidine rings is 1. The fraction of sp³-hybridized carbons (Fsp3) is 0.647. The highest BCUT2D eigenvalue weighted by Gasteiger charge is 2.19. The number of ether oxygens (including phenoxy) is 1. The molecule has 2 aliphatic rings. The summed E-state index contributed by atoms with van der Waals surface area (Å²) in [7, 11) is 0. The lowest BCUT2D eigenvalue weighted by molar-refractivity contribution is 0.114. The normalized spacial score (nSPS) is 23.2. The van der Waals surface area contributed by atoms with E-state index in [1.54, 1.807) is 0 Å². The highest BCUT2D eigenvalue weighted by molar-refractivity contribution is 5.77. The third-order valence-electron chi connectivity index (χ3n) is 4.70. The van der Waals surface area contributed by atoms with Crippen molar-refractivity contribution < 1.29 is 4.74 Å². The van der Waals surface area contributed by atoms with Crippen LogP contribution in [0.15, 0.2) is 29.5 Å². The molecule has 1 aromatic heterocycles. The summed E-state index contributed by atoms with van der Waals surface area (Å²) in [6.45, 7) is 4.62. The first-order valence-corrected chi connectivity index (χ1v) is 8.61. The molecule has 0 saturated carbocycles. The Labute approximate surface area is 138 Å². The fourth-order valence-corrected chi connectivity index (χ4v) is 3.24. The van der Waals surface area contributed by atoms with Crippen LogP contribution in [0.25, 0.3) is 0 Å². The van der Waals surface area contributed by atoms with Crippen LogP contribution in [0.3, 0.4) is 0 Å². The summed E-state index contributed by atoms with van der Waals surface area (Å²) in [5.74, 6) is 1.17. The Bertz CT molecular complexity index is 493. The number of nitrogens with one attached hydrogen (secondary N) is 1. The van der Waals surface area contributed by atoms with E-state index in [-0.39, 0.29) is 0 Å². The monoisotopic (exact) mass is 317 g/mol. The molecule has 3 N–H and O–H groups in total. The lowest BCUT2D eigenvalue weighted by Gasteiger charge is -2.33. The van der Waals surface area contributed by atoms with E-state index in [1.807, 2.05) is 12.4 Å². The van der Waals surface area contributed by atoms with E-state index < -0.39 is 0 Å². The smallest absolute Gasteiger partial charge is 0.188 e. The van der Waals surface area contributed by atoms with Gasteiger partial charge in [0.05, 0.1) is 6.10 Å². The Morgan fingerprint density at radius 1 is 1.30 bits per heavy atom. The Morgan fingerprint density at radius 2 is 2.09 bits per heavy atom. The standard InChI is InChI=1S/C17H27N5O/c18-17(21-13-16-2-1-11-23-16)20-12-14-5-9-22(10-6-14)15-3-7-19-8-4-15/h3-4,7-8,14,16H,1-2,5-6,9-13H2,(H3,18,20,21). The van der Waals surface area contributed by atoms with Crippen molar-refractivity contribution in [1.29, 1.82) is 0 Å². The van der Waals surface area contributed by atoms with E-state index in [2.05, 4.69) is 32.3 Å². The van der Waals surface area contributed by atoms with Gasteiger partial charge in [0, 0.05) is 50.9 Å². The van der Waals surface area contributed by atoms with E-state index in [0.717, 1.165) is 58.5 Å². The van der Waals surface area contributed by atoms with Crippen LogP contribution in [-0.4, -0.2) is 49.8 Å². The molecular formula is C17H27N5O. The van der Waals surface area contributed by atoms with E-state index >= 15 is 0 Å². The number of hydrogen-bond donors (Lipinski definition) is 2. The number of anilines is 1. The summed E-state index contributed by atoms with van der Waals surface area (Å²) < 4.78 is 5.57. The van der Waals surface area contributed by atoms with E-state index in [9.17, 15) is 0 Å². The first kappa shape index (κ1) is 16.1. The molecule has 2 saturated heterocycles. The van der Waals surface area contributed by atoms with Crippen molar-refractivity contribution in [3.05, 3.63) is 24.5 Å². The highest BCUT2D eigenvalue weighted by atomic mass is 16.5. The SMILES string of the molecule is NC(=NCC1CCN(c2ccncc2)CC1)NCC1CCCO1. The molecule has 0 amide bonds. The Balaban J connectivity index is 1.37. The van der Waals surface area contributed by atoms with Crippen molar-refractivity contribution in [2.75, 3.05) is 37.7 Å². The molecular weight excluding hydrogens is 290 g/mol. The lowest BCUT2D eigenvalue weighted by atomic mass is 9.97. The largest absolute Gasteiger partial charge is 0.376 e. The molecule has 0 spiro atoms. The second-order valence-electron chi connectivity index (χ2n) is 6.38. The minimum atomic E-state index is 0.298. The van der Waals surface area contributed by atoms with Gasteiger partial charge in [-0.2, -0.15) is 0 Å². The van der Waals surface area contributed by atoms with Gasteiger partial charge in [-0.3, -0.25) is 9.98 Å². The van der Waals surface area contributed by atoms with Gasteiger partial charge in [0.2, 0.25) is 0 Å². The van der Waals surface area contributed by atoms with Crippen LogP contribution in [0.2, 0.25) is 0 Å². The molecule has 23 heavy (non-hydrogen) atoms. The quantitative estimate of drug-likeness (QED) is 0.634. The molecule has 1 atom stereocenters. The molecule has 0 aliphatic carbocycles. The van der Waals surface area contributed by atoms with Crippen molar-refractivity contribution in [3.63, 3.8) is 0 Å². The maximum Gasteiger partial charge on any atom is 0.188 e. The third-order valence-corrected chi connectivity index (χ3v) is 4.70. The maximum absolute atomic E-state index is 5.95. The highest BCUT2D eigenvalue weighted by Crippen LogP contribution is 2.22. The number of aliphatic imine (C=N–C) groups is 1. The third kappa shape index (κ3) is 4.82. The Morgan fingerprint density at radius 3 is 2.78 bits per heavy atom. The molecule has 0 radical (unpaired) electrons. The Kier molecular flexibility index (Phi) is 5.69. The van der Waals surface area contributed by atoms with Crippen molar-refractivity contribution >= 4 is 11.6 Å². The lowest BCUT2D eigenvalue weighted by Crippen LogP contribution is -2.38. The van der Waals surface area contributed by atoms with E-state index in [4.69, 9.17) is 10.5 Å². The molecule has 2 aliphatic heterocycles. The van der Waals surface area contributed by atoms with Gasteiger partial charge in [-0.05, 0) is 43.7 Å². The van der Waals surface area contributed by atoms with Crippen molar-refractivity contribution in [1.82, 2.24) is 10.3 Å². The van der Waals surface area contributed by atoms with Gasteiger partial charge >= 0.3 is 0 Å². The number of hydrogen-bond acceptors (Lipinski definition) is 4. The van der Waals surface area contributed by atoms with Gasteiger partial charge in [0.15, 0.2) is 5.96 Å². The van der Waals surface area contributed by atoms with Crippen molar-refractivity contribution in [3.8, 4) is 0 Å². The molecule has 0 aromatic carbocycles. The van der Waals surface area contributed by atoms with Crippen molar-refractivity contribution in [2.45, 2.75) is 31.8 Å². The van der Waals surface area contributed by atoms with Crippen molar-refractivity contribution in [2.24, 2.45) is 16.6 Å². The number of nitrogens with zero attached hydrogens (tertiary/aromatic N) is 3. The summed E-state index contributed by atoms with van der Waals surface area (Å²) in [5, 5.41) is 3.18. The molecule has 6 heteroatoms. The summed E-state index contributed by atoms with van der Waals surface area (Å²) in [4.78, 5) is 11.0. The van der Waals surface area contributed by atoms with Gasteiger partial charge < -0.3 is 20.7 Å². The summed E-state index contributed by atoms with van der Waals surface area (Å²) in [6, 6.07) is 4.15. The number of guanidine groups is 1. The molecule has 0 bridgehead atoms. The maximum atomic E-state index is 5.95. The molecule has 3 rings (SSSR count). The second kappa shape index (κ2) is 8.15. The van der Waals surface area contributed by atoms with Gasteiger partial charge in [0.25, 0.3) is 0 Å². The molecule has 126 valence electrons. The van der Waals surface area contributed by atoms with Crippen LogP contribution in [0.4, 0.5) is 5.69 Å². The first-order chi connectivity index (χ1) is 11.3. The molecule has 3 heterocycles. The van der Waals surface area contributed by atoms with Crippen LogP contribution in [0.1, 0.15) is 25.7 Å². The predicted molar refractivity (Wildman–Crippen MR) is 92.6 cm³/mol. The average Bonchev–Trinajstić information content (AvgIpc) is 3.13.